The van der Waals surface area contributed by atoms with Crippen molar-refractivity contribution in [2.75, 3.05) is 27.3 Å². The summed E-state index contributed by atoms with van der Waals surface area (Å²) in [5, 5.41) is -2.73. The molecule has 0 N–H and O–H groups in total. The van der Waals surface area contributed by atoms with Crippen molar-refractivity contribution in [3.05, 3.63) is 53.3 Å². The lowest BCUT2D eigenvalue weighted by atomic mass is 9.86. The van der Waals surface area contributed by atoms with Crippen LogP contribution in [0.4, 0.5) is 13.2 Å². The number of alkyl halides is 2. The minimum absolute atomic E-state index is 0.00644. The van der Waals surface area contributed by atoms with Crippen LogP contribution in [0.15, 0.2) is 41.3 Å². The van der Waals surface area contributed by atoms with Crippen LogP contribution in [-0.2, 0) is 22.8 Å². The van der Waals surface area contributed by atoms with Crippen LogP contribution >= 0.6 is 0 Å². The number of fused-ring (bicyclic) bond motifs is 1. The Balaban J connectivity index is 1.48. The lowest BCUT2D eigenvalue weighted by molar-refractivity contribution is 0.0191. The number of methoxy groups -OCH3 is 2. The standard InChI is InChI=1S/C23H26F3NO4S/c1-30-19-11-17-13-23(26,32(28,29)21(17)12-20(19)31-2)15-22(25)6-8-27(9-7-22)14-16-4-3-5-18(24)10-16/h3-5,10-12H,6-9,13-15H2,1-2H3. The fourth-order valence-electron chi connectivity index (χ4n) is 4.68. The smallest absolute Gasteiger partial charge is 0.222 e. The quantitative estimate of drug-likeness (QED) is 0.634. The Morgan fingerprint density at radius 3 is 2.31 bits per heavy atom. The van der Waals surface area contributed by atoms with E-state index in [1.807, 2.05) is 4.90 Å². The number of ether oxygens (including phenoxy) is 2. The van der Waals surface area contributed by atoms with Crippen LogP contribution in [-0.4, -0.2) is 51.3 Å². The summed E-state index contributed by atoms with van der Waals surface area (Å²) in [5.74, 6) is 0.143. The van der Waals surface area contributed by atoms with Crippen molar-refractivity contribution in [3.63, 3.8) is 0 Å². The second kappa shape index (κ2) is 8.26. The lowest BCUT2D eigenvalue weighted by Crippen LogP contribution is -2.47. The molecule has 0 radical (unpaired) electrons. The van der Waals surface area contributed by atoms with Crippen molar-refractivity contribution in [1.82, 2.24) is 4.90 Å². The van der Waals surface area contributed by atoms with Crippen molar-refractivity contribution in [1.29, 1.82) is 0 Å². The van der Waals surface area contributed by atoms with E-state index >= 15 is 8.78 Å². The van der Waals surface area contributed by atoms with Crippen molar-refractivity contribution in [2.24, 2.45) is 0 Å². The van der Waals surface area contributed by atoms with Crippen LogP contribution < -0.4 is 9.47 Å². The molecule has 2 aliphatic heterocycles. The van der Waals surface area contributed by atoms with E-state index in [2.05, 4.69) is 0 Å². The van der Waals surface area contributed by atoms with Gasteiger partial charge in [0.2, 0.25) is 14.8 Å². The van der Waals surface area contributed by atoms with Gasteiger partial charge in [0, 0.05) is 38.5 Å². The van der Waals surface area contributed by atoms with Crippen molar-refractivity contribution < 1.29 is 31.1 Å². The third-order valence-corrected chi connectivity index (χ3v) is 8.63. The number of rotatable bonds is 6. The SMILES string of the molecule is COc1cc2c(cc1OC)S(=O)(=O)C(F)(CC1(F)CCN(Cc3cccc(F)c3)CC1)C2. The number of hydrogen-bond donors (Lipinski definition) is 0. The van der Waals surface area contributed by atoms with E-state index in [0.29, 0.717) is 25.4 Å². The Morgan fingerprint density at radius 2 is 1.69 bits per heavy atom. The van der Waals surface area contributed by atoms with E-state index in [1.165, 1.54) is 38.5 Å². The number of halogens is 3. The molecule has 1 unspecified atom stereocenters. The van der Waals surface area contributed by atoms with Gasteiger partial charge < -0.3 is 9.47 Å². The van der Waals surface area contributed by atoms with Gasteiger partial charge in [0.1, 0.15) is 11.5 Å². The highest BCUT2D eigenvalue weighted by Crippen LogP contribution is 2.50. The Bertz CT molecular complexity index is 1120. The molecule has 0 spiro atoms. The zero-order chi connectivity index (χ0) is 23.1. The summed E-state index contributed by atoms with van der Waals surface area (Å²) in [6, 6.07) is 8.89. The number of sulfone groups is 1. The molecule has 2 aromatic rings. The minimum atomic E-state index is -4.41. The van der Waals surface area contributed by atoms with Gasteiger partial charge in [0.15, 0.2) is 11.5 Å². The van der Waals surface area contributed by atoms with Gasteiger partial charge in [-0.05, 0) is 42.2 Å². The number of likely N-dealkylation sites (tertiary alicyclic amines) is 1. The van der Waals surface area contributed by atoms with Gasteiger partial charge in [-0.15, -0.1) is 0 Å². The van der Waals surface area contributed by atoms with E-state index < -0.39 is 33.3 Å². The van der Waals surface area contributed by atoms with E-state index in [4.69, 9.17) is 9.47 Å². The van der Waals surface area contributed by atoms with Gasteiger partial charge in [-0.1, -0.05) is 12.1 Å². The van der Waals surface area contributed by atoms with Gasteiger partial charge in [0.25, 0.3) is 0 Å². The molecule has 5 nitrogen and oxygen atoms in total. The third kappa shape index (κ3) is 4.08. The van der Waals surface area contributed by atoms with Gasteiger partial charge in [-0.3, -0.25) is 4.90 Å². The molecular weight excluding hydrogens is 443 g/mol. The third-order valence-electron chi connectivity index (χ3n) is 6.42. The summed E-state index contributed by atoms with van der Waals surface area (Å²) in [7, 11) is -1.63. The van der Waals surface area contributed by atoms with E-state index in [0.717, 1.165) is 5.56 Å². The molecule has 0 saturated carbocycles. The largest absolute Gasteiger partial charge is 0.493 e. The second-order valence-corrected chi connectivity index (χ2v) is 10.8. The first-order valence-electron chi connectivity index (χ1n) is 10.4. The van der Waals surface area contributed by atoms with Crippen LogP contribution in [0.5, 0.6) is 11.5 Å². The van der Waals surface area contributed by atoms with Crippen LogP contribution in [0.25, 0.3) is 0 Å². The van der Waals surface area contributed by atoms with Crippen molar-refractivity contribution in [3.8, 4) is 11.5 Å². The molecule has 4 rings (SSSR count). The van der Waals surface area contributed by atoms with Crippen molar-refractivity contribution in [2.45, 2.75) is 47.8 Å². The molecule has 0 amide bonds. The van der Waals surface area contributed by atoms with Crippen molar-refractivity contribution >= 4 is 9.84 Å². The van der Waals surface area contributed by atoms with E-state index in [9.17, 15) is 12.8 Å². The first-order chi connectivity index (χ1) is 15.1. The molecule has 0 bridgehead atoms. The molecule has 32 heavy (non-hydrogen) atoms. The molecule has 2 aliphatic rings. The number of benzene rings is 2. The Kier molecular flexibility index (Phi) is 5.92. The second-order valence-electron chi connectivity index (χ2n) is 8.61. The van der Waals surface area contributed by atoms with Crippen LogP contribution in [0.3, 0.4) is 0 Å². The minimum Gasteiger partial charge on any atom is -0.493 e. The first kappa shape index (κ1) is 22.9. The maximum absolute atomic E-state index is 15.9. The van der Waals surface area contributed by atoms with Crippen LogP contribution in [0.1, 0.15) is 30.4 Å². The topological polar surface area (TPSA) is 55.8 Å². The zero-order valence-corrected chi connectivity index (χ0v) is 18.9. The monoisotopic (exact) mass is 469 g/mol. The summed E-state index contributed by atoms with van der Waals surface area (Å²) >= 11 is 0. The van der Waals surface area contributed by atoms with Gasteiger partial charge in [-0.25, -0.2) is 21.6 Å². The van der Waals surface area contributed by atoms with Crippen LogP contribution in [0, 0.1) is 5.82 Å². The Morgan fingerprint density at radius 1 is 1.03 bits per heavy atom. The molecule has 2 aromatic carbocycles. The highest BCUT2D eigenvalue weighted by atomic mass is 32.2. The molecule has 1 saturated heterocycles. The summed E-state index contributed by atoms with van der Waals surface area (Å²) < 4.78 is 81.4. The molecule has 1 fully saturated rings. The number of piperidine rings is 1. The number of hydrogen-bond acceptors (Lipinski definition) is 5. The Hall–Kier alpha value is -2.26. The van der Waals surface area contributed by atoms with Crippen LogP contribution in [0.2, 0.25) is 0 Å². The fraction of sp³-hybridized carbons (Fsp3) is 0.478. The highest BCUT2D eigenvalue weighted by Gasteiger charge is 2.57. The zero-order valence-electron chi connectivity index (χ0n) is 18.0. The normalized spacial score (nSPS) is 24.2. The maximum Gasteiger partial charge on any atom is 0.222 e. The lowest BCUT2D eigenvalue weighted by Gasteiger charge is -2.38. The molecular formula is C23H26F3NO4S. The Labute approximate surface area is 186 Å². The predicted octanol–water partition coefficient (Wildman–Crippen LogP) is 4.23. The molecule has 9 heteroatoms. The molecule has 1 atom stereocenters. The predicted molar refractivity (Wildman–Crippen MR) is 114 cm³/mol. The summed E-state index contributed by atoms with van der Waals surface area (Å²) in [6.45, 7) is 1.12. The summed E-state index contributed by atoms with van der Waals surface area (Å²) in [6.07, 6.45) is -1.14. The van der Waals surface area contributed by atoms with E-state index in [-0.39, 0.29) is 34.9 Å². The highest BCUT2D eigenvalue weighted by molar-refractivity contribution is 7.93. The fourth-order valence-corrected chi connectivity index (χ4v) is 6.61. The van der Waals surface area contributed by atoms with Gasteiger partial charge >= 0.3 is 0 Å². The van der Waals surface area contributed by atoms with Gasteiger partial charge in [-0.2, -0.15) is 0 Å². The molecule has 174 valence electrons. The molecule has 2 heterocycles. The maximum atomic E-state index is 15.9. The summed E-state index contributed by atoms with van der Waals surface area (Å²) in [4.78, 5) is 1.79. The first-order valence-corrected chi connectivity index (χ1v) is 11.9. The average Bonchev–Trinajstić information content (AvgIpc) is 2.93. The van der Waals surface area contributed by atoms with E-state index in [1.54, 1.807) is 12.1 Å². The van der Waals surface area contributed by atoms with Gasteiger partial charge in [0.05, 0.1) is 19.1 Å². The number of nitrogens with zero attached hydrogens (tertiary/aromatic N) is 1. The molecule has 0 aromatic heterocycles. The molecule has 0 aliphatic carbocycles. The average molecular weight is 470 g/mol. The summed E-state index contributed by atoms with van der Waals surface area (Å²) in [5.41, 5.74) is -0.913.